The van der Waals surface area contributed by atoms with Crippen molar-refractivity contribution < 1.29 is 37.3 Å². The standard InChI is InChI=1S/C68H90F2N10O8/c1-45-31-77(37-61(81)79-43-67(3,4)63-59(79)27-51(65(83)73(63)7)25-47-13-17-53(69)18-14-47)55(29-71-45)33-75-21-23-87-57(35-75)41-85-39-49-9-11-50(12-10-49)40-86-42-58-36-76(22-24-88-58)34-56-30-72-46(2)32-78(56)38-62(82)80-44-68(5,6)64-60(80)28-52(66(84)74(64)8)26-48-15-19-54(70)20-16-48/h9-20,27-28,45-46,55-58,71-72H,21-26,29-44H2,1-8H3/t45-,46-,55-,56-,57+,58+/m1/s1. The molecule has 11 rings (SSSR count). The van der Waals surface area contributed by atoms with Gasteiger partial charge in [0, 0.05) is 152 Å². The highest BCUT2D eigenvalue weighted by atomic mass is 19.1. The Morgan fingerprint density at radius 1 is 0.568 bits per heavy atom. The summed E-state index contributed by atoms with van der Waals surface area (Å²) in [6, 6.07) is 25.2. The number of hydrogen-bond donors (Lipinski definition) is 2. The van der Waals surface area contributed by atoms with E-state index >= 15 is 0 Å². The molecule has 4 fully saturated rings. The molecule has 0 unspecified atom stereocenters. The van der Waals surface area contributed by atoms with Gasteiger partial charge in [0.05, 0.1) is 87.7 Å². The molecule has 3 aromatic carbocycles. The molecule has 0 radical (unpaired) electrons. The van der Waals surface area contributed by atoms with Crippen molar-refractivity contribution in [2.75, 3.05) is 128 Å². The van der Waals surface area contributed by atoms with Crippen LogP contribution < -0.4 is 31.6 Å². The molecule has 8 heterocycles. The number of ether oxygens (including phenoxy) is 4. The number of amides is 2. The lowest BCUT2D eigenvalue weighted by molar-refractivity contribution is -0.122. The van der Waals surface area contributed by atoms with Crippen molar-refractivity contribution in [1.82, 2.24) is 39.4 Å². The molecule has 0 saturated carbocycles. The number of fused-ring (bicyclic) bond motifs is 2. The summed E-state index contributed by atoms with van der Waals surface area (Å²) >= 11 is 0. The van der Waals surface area contributed by atoms with Crippen molar-refractivity contribution in [2.24, 2.45) is 14.1 Å². The third kappa shape index (κ3) is 14.7. The Morgan fingerprint density at radius 2 is 0.943 bits per heavy atom. The number of carbonyl (C=O) groups is 2. The first kappa shape index (κ1) is 63.5. The van der Waals surface area contributed by atoms with E-state index < -0.39 is 10.8 Å². The molecule has 20 heteroatoms. The van der Waals surface area contributed by atoms with Gasteiger partial charge in [-0.3, -0.25) is 38.8 Å². The molecule has 4 saturated heterocycles. The molecule has 88 heavy (non-hydrogen) atoms. The lowest BCUT2D eigenvalue weighted by Gasteiger charge is -2.43. The number of piperazine rings is 2. The van der Waals surface area contributed by atoms with Crippen molar-refractivity contribution >= 4 is 23.2 Å². The minimum Gasteiger partial charge on any atom is -0.374 e. The summed E-state index contributed by atoms with van der Waals surface area (Å²) in [6.45, 7) is 24.8. The van der Waals surface area contributed by atoms with Crippen LogP contribution in [0.5, 0.6) is 0 Å². The fraction of sp³-hybridized carbons (Fsp3) is 0.559. The summed E-state index contributed by atoms with van der Waals surface area (Å²) in [5.74, 6) is -0.627. The maximum atomic E-state index is 14.5. The highest BCUT2D eigenvalue weighted by Crippen LogP contribution is 2.42. The first-order valence-electron chi connectivity index (χ1n) is 31.6. The zero-order valence-electron chi connectivity index (χ0n) is 52.7. The van der Waals surface area contributed by atoms with Crippen LogP contribution in [0.1, 0.15) is 86.3 Å². The number of aromatic nitrogens is 2. The SMILES string of the molecule is C[C@@H]1CN(CC(=O)N2CC(C)(C)c3c2cc(Cc2ccc(F)cc2)c(=O)n3C)[C@@H](CN2CCO[C@H](COCc3ccc(COC[C@@H]4CN(C[C@H]5CN[C@H](C)CN5CC(=O)N5CC(C)(C)c6c5cc(Cc5ccc(F)cc5)c(=O)n6C)CCO4)cc3)C2)CN1. The Bertz CT molecular complexity index is 3170. The molecular formula is C68H90F2N10O8. The summed E-state index contributed by atoms with van der Waals surface area (Å²) in [5, 5.41) is 7.31. The minimum absolute atomic E-state index is 0.0113. The molecule has 0 aliphatic carbocycles. The van der Waals surface area contributed by atoms with Crippen molar-refractivity contribution in [3.05, 3.63) is 162 Å². The Kier molecular flexibility index (Phi) is 19.6. The predicted molar refractivity (Wildman–Crippen MR) is 336 cm³/mol. The van der Waals surface area contributed by atoms with Crippen LogP contribution in [-0.2, 0) is 79.5 Å². The maximum absolute atomic E-state index is 14.5. The van der Waals surface area contributed by atoms with Crippen LogP contribution in [0.15, 0.2) is 94.5 Å². The summed E-state index contributed by atoms with van der Waals surface area (Å²) in [4.78, 5) is 69.5. The summed E-state index contributed by atoms with van der Waals surface area (Å²) in [7, 11) is 3.58. The number of anilines is 2. The van der Waals surface area contributed by atoms with E-state index in [0.29, 0.717) is 76.7 Å². The van der Waals surface area contributed by atoms with E-state index in [1.807, 2.05) is 21.9 Å². The number of rotatable bonds is 20. The monoisotopic (exact) mass is 1210 g/mol. The Morgan fingerprint density at radius 3 is 1.33 bits per heavy atom. The molecule has 6 aliphatic rings. The number of pyridine rings is 2. The zero-order valence-corrected chi connectivity index (χ0v) is 52.7. The molecule has 18 nitrogen and oxygen atoms in total. The van der Waals surface area contributed by atoms with E-state index in [-0.39, 0.29) is 84.0 Å². The van der Waals surface area contributed by atoms with Gasteiger partial charge >= 0.3 is 0 Å². The summed E-state index contributed by atoms with van der Waals surface area (Å²) in [5.41, 5.74) is 7.14. The van der Waals surface area contributed by atoms with Crippen LogP contribution in [-0.4, -0.2) is 195 Å². The average molecular weight is 1210 g/mol. The third-order valence-electron chi connectivity index (χ3n) is 18.8. The minimum atomic E-state index is -0.423. The highest BCUT2D eigenvalue weighted by Gasteiger charge is 2.44. The topological polar surface area (TPSA) is 159 Å². The fourth-order valence-electron chi connectivity index (χ4n) is 14.4. The number of hydrogen-bond acceptors (Lipinski definition) is 14. The van der Waals surface area contributed by atoms with Gasteiger partial charge in [0.1, 0.15) is 11.6 Å². The van der Waals surface area contributed by atoms with Crippen molar-refractivity contribution in [1.29, 1.82) is 0 Å². The number of carbonyl (C=O) groups excluding carboxylic acids is 2. The van der Waals surface area contributed by atoms with Crippen LogP contribution in [0.2, 0.25) is 0 Å². The van der Waals surface area contributed by atoms with Crippen LogP contribution in [0, 0.1) is 11.6 Å². The van der Waals surface area contributed by atoms with Crippen LogP contribution in [0.25, 0.3) is 0 Å². The molecule has 2 aromatic heterocycles. The molecule has 5 aromatic rings. The van der Waals surface area contributed by atoms with Gasteiger partial charge in [0.25, 0.3) is 11.1 Å². The Balaban J connectivity index is 0.619. The second-order valence-electron chi connectivity index (χ2n) is 27.0. The van der Waals surface area contributed by atoms with Gasteiger partial charge in [-0.25, -0.2) is 8.78 Å². The predicted octanol–water partition coefficient (Wildman–Crippen LogP) is 4.95. The molecule has 2 N–H and O–H groups in total. The maximum Gasteiger partial charge on any atom is 0.254 e. The lowest BCUT2D eigenvalue weighted by Crippen LogP contribution is -2.61. The average Bonchev–Trinajstić information content (AvgIpc) is 1.72. The number of benzene rings is 3. The van der Waals surface area contributed by atoms with E-state index in [0.717, 1.165) is 110 Å². The molecule has 0 bridgehead atoms. The third-order valence-corrected chi connectivity index (χ3v) is 18.8. The van der Waals surface area contributed by atoms with Gasteiger partial charge in [-0.05, 0) is 72.5 Å². The van der Waals surface area contributed by atoms with Gasteiger partial charge in [0.2, 0.25) is 11.8 Å². The van der Waals surface area contributed by atoms with E-state index in [9.17, 15) is 28.0 Å². The molecule has 6 atom stereocenters. The van der Waals surface area contributed by atoms with Crippen molar-refractivity contribution in [3.63, 3.8) is 0 Å². The first-order chi connectivity index (χ1) is 42.1. The zero-order chi connectivity index (χ0) is 62.0. The van der Waals surface area contributed by atoms with Gasteiger partial charge in [-0.2, -0.15) is 0 Å². The van der Waals surface area contributed by atoms with E-state index in [2.05, 4.69) is 96.0 Å². The second kappa shape index (κ2) is 27.2. The number of nitrogens with zero attached hydrogens (tertiary/aromatic N) is 8. The smallest absolute Gasteiger partial charge is 0.254 e. The first-order valence-corrected chi connectivity index (χ1v) is 31.6. The van der Waals surface area contributed by atoms with Gasteiger partial charge in [0.15, 0.2) is 0 Å². The summed E-state index contributed by atoms with van der Waals surface area (Å²) < 4.78 is 55.8. The van der Waals surface area contributed by atoms with Crippen LogP contribution in [0.4, 0.5) is 20.2 Å². The number of nitrogens with one attached hydrogen (secondary N) is 2. The van der Waals surface area contributed by atoms with E-state index in [1.165, 1.54) is 24.3 Å². The largest absolute Gasteiger partial charge is 0.374 e. The quantitative estimate of drug-likeness (QED) is 0.108. The molecule has 6 aliphatic heterocycles. The highest BCUT2D eigenvalue weighted by molar-refractivity contribution is 5.98. The van der Waals surface area contributed by atoms with Gasteiger partial charge in [-0.15, -0.1) is 0 Å². The Hall–Kier alpha value is -6.04. The van der Waals surface area contributed by atoms with Gasteiger partial charge < -0.3 is 48.5 Å². The normalized spacial score (nSPS) is 24.2. The Labute approximate surface area is 516 Å². The molecular weight excluding hydrogens is 1120 g/mol. The van der Waals surface area contributed by atoms with Crippen LogP contribution in [0.3, 0.4) is 0 Å². The van der Waals surface area contributed by atoms with Crippen LogP contribution >= 0.6 is 0 Å². The lowest BCUT2D eigenvalue weighted by atomic mass is 9.90. The molecule has 474 valence electrons. The molecule has 0 spiro atoms. The molecule has 2 amide bonds. The van der Waals surface area contributed by atoms with E-state index in [1.54, 1.807) is 47.5 Å². The number of halogens is 2. The summed E-state index contributed by atoms with van der Waals surface area (Å²) in [6.07, 6.45) is 0.522. The fourth-order valence-corrected chi connectivity index (χ4v) is 14.4. The van der Waals surface area contributed by atoms with E-state index in [4.69, 9.17) is 18.9 Å². The second-order valence-corrected chi connectivity index (χ2v) is 27.0. The van der Waals surface area contributed by atoms with Gasteiger partial charge in [-0.1, -0.05) is 76.2 Å². The number of morpholine rings is 2. The van der Waals surface area contributed by atoms with Crippen molar-refractivity contribution in [2.45, 2.75) is 115 Å². The van der Waals surface area contributed by atoms with Crippen molar-refractivity contribution in [3.8, 4) is 0 Å².